The lowest BCUT2D eigenvalue weighted by atomic mass is 9.94. The number of ether oxygens (including phenoxy) is 1. The van der Waals surface area contributed by atoms with Crippen molar-refractivity contribution in [2.75, 3.05) is 43.1 Å². The van der Waals surface area contributed by atoms with Crippen molar-refractivity contribution in [3.05, 3.63) is 59.1 Å². The second-order valence-electron chi connectivity index (χ2n) is 6.80. The molecule has 0 radical (unpaired) electrons. The SMILES string of the molecule is O=C(Nc1ccc(N2CCOCC2)cc1)C1CNNC1c1ccc(Cl)cc1. The number of rotatable bonds is 4. The van der Waals surface area contributed by atoms with Gasteiger partial charge in [0.2, 0.25) is 5.91 Å². The van der Waals surface area contributed by atoms with Crippen LogP contribution in [0.5, 0.6) is 0 Å². The first-order valence-corrected chi connectivity index (χ1v) is 9.56. The zero-order valence-corrected chi connectivity index (χ0v) is 15.7. The summed E-state index contributed by atoms with van der Waals surface area (Å²) in [5, 5.41) is 3.72. The number of nitrogens with zero attached hydrogens (tertiary/aromatic N) is 1. The summed E-state index contributed by atoms with van der Waals surface area (Å²) < 4.78 is 5.39. The van der Waals surface area contributed by atoms with Crippen molar-refractivity contribution in [3.63, 3.8) is 0 Å². The summed E-state index contributed by atoms with van der Waals surface area (Å²) in [5.74, 6) is -0.211. The molecule has 1 amide bonds. The van der Waals surface area contributed by atoms with Crippen LogP contribution in [-0.2, 0) is 9.53 Å². The molecule has 2 aliphatic rings. The molecule has 2 atom stereocenters. The second kappa shape index (κ2) is 8.27. The summed E-state index contributed by atoms with van der Waals surface area (Å²) in [5.41, 5.74) is 9.27. The van der Waals surface area contributed by atoms with E-state index in [1.54, 1.807) is 0 Å². The highest BCUT2D eigenvalue weighted by Gasteiger charge is 2.34. The Bertz CT molecular complexity index is 776. The van der Waals surface area contributed by atoms with Gasteiger partial charge in [0.1, 0.15) is 0 Å². The summed E-state index contributed by atoms with van der Waals surface area (Å²) in [7, 11) is 0. The maximum atomic E-state index is 12.8. The first-order valence-electron chi connectivity index (χ1n) is 9.18. The van der Waals surface area contributed by atoms with Gasteiger partial charge in [-0.25, -0.2) is 5.43 Å². The van der Waals surface area contributed by atoms with Crippen molar-refractivity contribution in [1.82, 2.24) is 10.9 Å². The Balaban J connectivity index is 1.41. The molecule has 2 unspecified atom stereocenters. The van der Waals surface area contributed by atoms with Crippen molar-refractivity contribution >= 4 is 28.9 Å². The minimum atomic E-state index is -0.204. The first-order chi connectivity index (χ1) is 13.2. The van der Waals surface area contributed by atoms with E-state index in [4.69, 9.17) is 16.3 Å². The number of hydrazine groups is 1. The average Bonchev–Trinajstić information content (AvgIpc) is 3.20. The van der Waals surface area contributed by atoms with Crippen LogP contribution in [-0.4, -0.2) is 38.8 Å². The molecule has 7 heteroatoms. The number of nitrogens with one attached hydrogen (secondary N) is 3. The van der Waals surface area contributed by atoms with E-state index in [0.29, 0.717) is 11.6 Å². The third kappa shape index (κ3) is 4.25. The van der Waals surface area contributed by atoms with E-state index in [9.17, 15) is 4.79 Å². The number of halogens is 1. The van der Waals surface area contributed by atoms with Gasteiger partial charge in [-0.05, 0) is 42.0 Å². The van der Waals surface area contributed by atoms with Crippen LogP contribution < -0.4 is 21.1 Å². The highest BCUT2D eigenvalue weighted by molar-refractivity contribution is 6.30. The van der Waals surface area contributed by atoms with Crippen LogP contribution in [0.25, 0.3) is 0 Å². The van der Waals surface area contributed by atoms with Crippen molar-refractivity contribution in [2.24, 2.45) is 5.92 Å². The van der Waals surface area contributed by atoms with Crippen LogP contribution in [0.3, 0.4) is 0 Å². The zero-order valence-electron chi connectivity index (χ0n) is 15.0. The molecule has 0 aromatic heterocycles. The molecule has 3 N–H and O–H groups in total. The van der Waals surface area contributed by atoms with Gasteiger partial charge < -0.3 is 15.0 Å². The molecule has 27 heavy (non-hydrogen) atoms. The molecule has 0 spiro atoms. The molecular formula is C20H23ClN4O2. The quantitative estimate of drug-likeness (QED) is 0.753. The molecule has 6 nitrogen and oxygen atoms in total. The number of benzene rings is 2. The molecule has 0 aliphatic carbocycles. The predicted octanol–water partition coefficient (Wildman–Crippen LogP) is 2.58. The first kappa shape index (κ1) is 18.3. The molecule has 2 aromatic rings. The summed E-state index contributed by atoms with van der Waals surface area (Å²) in [6, 6.07) is 15.5. The fourth-order valence-corrected chi connectivity index (χ4v) is 3.67. The third-order valence-electron chi connectivity index (χ3n) is 5.06. The van der Waals surface area contributed by atoms with Crippen LogP contribution in [0.2, 0.25) is 5.02 Å². The second-order valence-corrected chi connectivity index (χ2v) is 7.23. The van der Waals surface area contributed by atoms with E-state index in [0.717, 1.165) is 43.2 Å². The van der Waals surface area contributed by atoms with Gasteiger partial charge in [-0.2, -0.15) is 0 Å². The van der Waals surface area contributed by atoms with Crippen LogP contribution in [0.1, 0.15) is 11.6 Å². The molecule has 2 saturated heterocycles. The lowest BCUT2D eigenvalue weighted by Gasteiger charge is -2.29. The van der Waals surface area contributed by atoms with E-state index in [1.807, 2.05) is 48.5 Å². The Hall–Kier alpha value is -2.12. The number of morpholine rings is 1. The summed E-state index contributed by atoms with van der Waals surface area (Å²) in [6.07, 6.45) is 0. The maximum absolute atomic E-state index is 12.8. The number of hydrogen-bond acceptors (Lipinski definition) is 5. The monoisotopic (exact) mass is 386 g/mol. The fourth-order valence-electron chi connectivity index (χ4n) is 3.54. The zero-order chi connectivity index (χ0) is 18.6. The summed E-state index contributed by atoms with van der Waals surface area (Å²) in [4.78, 5) is 15.1. The van der Waals surface area contributed by atoms with Crippen LogP contribution in [0, 0.1) is 5.92 Å². The Labute approximate surface area is 163 Å². The summed E-state index contributed by atoms with van der Waals surface area (Å²) >= 11 is 5.97. The minimum Gasteiger partial charge on any atom is -0.378 e. The van der Waals surface area contributed by atoms with Crippen molar-refractivity contribution in [2.45, 2.75) is 6.04 Å². The van der Waals surface area contributed by atoms with E-state index in [-0.39, 0.29) is 17.9 Å². The lowest BCUT2D eigenvalue weighted by molar-refractivity contribution is -0.119. The van der Waals surface area contributed by atoms with Crippen molar-refractivity contribution in [1.29, 1.82) is 0 Å². The van der Waals surface area contributed by atoms with Crippen molar-refractivity contribution < 1.29 is 9.53 Å². The van der Waals surface area contributed by atoms with Gasteiger partial charge in [0.05, 0.1) is 25.2 Å². The highest BCUT2D eigenvalue weighted by Crippen LogP contribution is 2.27. The molecule has 2 aliphatic heterocycles. The molecule has 142 valence electrons. The molecular weight excluding hydrogens is 364 g/mol. The van der Waals surface area contributed by atoms with E-state index >= 15 is 0 Å². The number of hydrogen-bond donors (Lipinski definition) is 3. The predicted molar refractivity (Wildman–Crippen MR) is 107 cm³/mol. The summed E-state index contributed by atoms with van der Waals surface area (Å²) in [6.45, 7) is 3.88. The largest absolute Gasteiger partial charge is 0.378 e. The molecule has 4 rings (SSSR count). The Morgan fingerprint density at radius 3 is 2.48 bits per heavy atom. The minimum absolute atomic E-state index is 0.00780. The van der Waals surface area contributed by atoms with Crippen molar-refractivity contribution in [3.8, 4) is 0 Å². The molecule has 2 aromatic carbocycles. The maximum Gasteiger partial charge on any atom is 0.230 e. The van der Waals surface area contributed by atoms with Gasteiger partial charge in [0.15, 0.2) is 0 Å². The number of amides is 1. The smallest absolute Gasteiger partial charge is 0.230 e. The molecule has 0 bridgehead atoms. The van der Waals surface area contributed by atoms with E-state index in [2.05, 4.69) is 21.1 Å². The standard InChI is InChI=1S/C20H23ClN4O2/c21-15-3-1-14(2-4-15)19-18(13-22-24-19)20(26)23-16-5-7-17(8-6-16)25-9-11-27-12-10-25/h1-8,18-19,22,24H,9-13H2,(H,23,26). The van der Waals surface area contributed by atoms with Gasteiger partial charge in [-0.3, -0.25) is 10.2 Å². The van der Waals surface area contributed by atoms with Crippen LogP contribution in [0.4, 0.5) is 11.4 Å². The number of carbonyl (C=O) groups is 1. The normalized spacial score (nSPS) is 22.6. The number of anilines is 2. The molecule has 2 heterocycles. The van der Waals surface area contributed by atoms with Gasteiger partial charge in [-0.15, -0.1) is 0 Å². The Morgan fingerprint density at radius 1 is 1.07 bits per heavy atom. The van der Waals surface area contributed by atoms with Gasteiger partial charge >= 0.3 is 0 Å². The topological polar surface area (TPSA) is 65.6 Å². The van der Waals surface area contributed by atoms with Gasteiger partial charge in [-0.1, -0.05) is 23.7 Å². The van der Waals surface area contributed by atoms with Gasteiger partial charge in [0, 0.05) is 36.0 Å². The third-order valence-corrected chi connectivity index (χ3v) is 5.31. The van der Waals surface area contributed by atoms with E-state index in [1.165, 1.54) is 0 Å². The molecule has 0 saturated carbocycles. The highest BCUT2D eigenvalue weighted by atomic mass is 35.5. The molecule has 2 fully saturated rings. The average molecular weight is 387 g/mol. The Kier molecular flexibility index (Phi) is 5.59. The van der Waals surface area contributed by atoms with Gasteiger partial charge in [0.25, 0.3) is 0 Å². The Morgan fingerprint density at radius 2 is 1.78 bits per heavy atom. The van der Waals surface area contributed by atoms with Crippen LogP contribution >= 0.6 is 11.6 Å². The fraction of sp³-hybridized carbons (Fsp3) is 0.350. The number of carbonyl (C=O) groups excluding carboxylic acids is 1. The van der Waals surface area contributed by atoms with E-state index < -0.39 is 0 Å². The van der Waals surface area contributed by atoms with Crippen LogP contribution in [0.15, 0.2) is 48.5 Å². The lowest BCUT2D eigenvalue weighted by Crippen LogP contribution is -2.36.